The van der Waals surface area contributed by atoms with E-state index in [1.807, 2.05) is 12.1 Å². The maximum absolute atomic E-state index is 13.9. The van der Waals surface area contributed by atoms with Crippen LogP contribution in [0.25, 0.3) is 16.6 Å². The Morgan fingerprint density at radius 2 is 1.73 bits per heavy atom. The average Bonchev–Trinajstić information content (AvgIpc) is 3.24. The minimum Gasteiger partial charge on any atom is -0.462 e. The number of pyridine rings is 1. The summed E-state index contributed by atoms with van der Waals surface area (Å²) in [6.07, 6.45) is 4.43. The van der Waals surface area contributed by atoms with Crippen LogP contribution in [0.5, 0.6) is 0 Å². The molecule has 30 heavy (non-hydrogen) atoms. The van der Waals surface area contributed by atoms with Crippen LogP contribution in [0, 0.1) is 11.6 Å². The van der Waals surface area contributed by atoms with Crippen molar-refractivity contribution in [3.8, 4) is 5.69 Å². The number of aromatic nitrogens is 4. The van der Waals surface area contributed by atoms with Gasteiger partial charge in [0.25, 0.3) is 0 Å². The second-order valence-corrected chi connectivity index (χ2v) is 6.47. The Hall–Kier alpha value is -3.88. The fourth-order valence-corrected chi connectivity index (χ4v) is 3.14. The summed E-state index contributed by atoms with van der Waals surface area (Å²) in [6, 6.07) is 8.82. The van der Waals surface area contributed by atoms with Gasteiger partial charge < -0.3 is 9.30 Å². The van der Waals surface area contributed by atoms with E-state index in [1.54, 1.807) is 31.5 Å². The average molecular weight is 410 g/mol. The Morgan fingerprint density at radius 3 is 2.40 bits per heavy atom. The Bertz CT molecular complexity index is 1280. The summed E-state index contributed by atoms with van der Waals surface area (Å²) in [7, 11) is 0. The van der Waals surface area contributed by atoms with Crippen molar-refractivity contribution in [2.24, 2.45) is 0 Å². The van der Waals surface area contributed by atoms with Crippen molar-refractivity contribution in [1.82, 2.24) is 19.6 Å². The highest BCUT2D eigenvalue weighted by Gasteiger charge is 2.19. The summed E-state index contributed by atoms with van der Waals surface area (Å²) in [5.74, 6) is -3.10. The van der Waals surface area contributed by atoms with Crippen molar-refractivity contribution in [1.29, 1.82) is 0 Å². The van der Waals surface area contributed by atoms with Crippen molar-refractivity contribution >= 4 is 16.9 Å². The molecule has 0 amide bonds. The Labute approximate surface area is 169 Å². The molecule has 0 fully saturated rings. The van der Waals surface area contributed by atoms with Gasteiger partial charge in [0.2, 0.25) is 5.43 Å². The Balaban J connectivity index is 1.86. The first kappa shape index (κ1) is 19.4. The van der Waals surface area contributed by atoms with Crippen molar-refractivity contribution < 1.29 is 18.3 Å². The smallest absolute Gasteiger partial charge is 0.343 e. The topological polar surface area (TPSA) is 79.0 Å². The van der Waals surface area contributed by atoms with Crippen molar-refractivity contribution in [2.45, 2.75) is 13.5 Å². The van der Waals surface area contributed by atoms with E-state index in [9.17, 15) is 18.4 Å². The lowest BCUT2D eigenvalue weighted by atomic mass is 10.1. The molecule has 0 aliphatic rings. The van der Waals surface area contributed by atoms with Crippen LogP contribution in [0.1, 0.15) is 22.8 Å². The number of rotatable bonds is 5. The molecule has 0 spiro atoms. The zero-order valence-corrected chi connectivity index (χ0v) is 15.9. The van der Waals surface area contributed by atoms with Crippen LogP contribution >= 0.6 is 0 Å². The molecule has 0 aliphatic heterocycles. The van der Waals surface area contributed by atoms with E-state index in [-0.39, 0.29) is 23.1 Å². The highest BCUT2D eigenvalue weighted by atomic mass is 19.2. The second kappa shape index (κ2) is 7.86. The van der Waals surface area contributed by atoms with Gasteiger partial charge >= 0.3 is 5.97 Å². The van der Waals surface area contributed by atoms with Crippen LogP contribution in [0.15, 0.2) is 59.8 Å². The van der Waals surface area contributed by atoms with Crippen LogP contribution in [0.3, 0.4) is 0 Å². The van der Waals surface area contributed by atoms with Gasteiger partial charge in [-0.05, 0) is 30.7 Å². The van der Waals surface area contributed by atoms with Crippen molar-refractivity contribution in [3.63, 3.8) is 0 Å². The van der Waals surface area contributed by atoms with E-state index < -0.39 is 23.0 Å². The van der Waals surface area contributed by atoms with Gasteiger partial charge in [-0.15, -0.1) is 0 Å². The van der Waals surface area contributed by atoms with E-state index in [4.69, 9.17) is 4.74 Å². The van der Waals surface area contributed by atoms with E-state index >= 15 is 0 Å². The van der Waals surface area contributed by atoms with Crippen LogP contribution in [-0.4, -0.2) is 32.1 Å². The highest BCUT2D eigenvalue weighted by molar-refractivity contribution is 5.94. The van der Waals surface area contributed by atoms with Crippen LogP contribution in [0.4, 0.5) is 8.78 Å². The summed E-state index contributed by atoms with van der Waals surface area (Å²) >= 11 is 0. The number of carbonyl (C=O) groups is 1. The monoisotopic (exact) mass is 410 g/mol. The predicted molar refractivity (Wildman–Crippen MR) is 105 cm³/mol. The molecule has 0 atom stereocenters. The first-order valence-electron chi connectivity index (χ1n) is 9.13. The van der Waals surface area contributed by atoms with Gasteiger partial charge in [0.05, 0.1) is 36.4 Å². The van der Waals surface area contributed by atoms with Crippen molar-refractivity contribution in [3.05, 3.63) is 88.0 Å². The van der Waals surface area contributed by atoms with Gasteiger partial charge in [-0.2, -0.15) is 15.0 Å². The zero-order chi connectivity index (χ0) is 21.3. The fraction of sp³-hybridized carbons (Fsp3) is 0.143. The van der Waals surface area contributed by atoms with Gasteiger partial charge in [-0.1, -0.05) is 12.1 Å². The summed E-state index contributed by atoms with van der Waals surface area (Å²) in [5, 5.41) is 7.97. The first-order chi connectivity index (χ1) is 14.5. The van der Waals surface area contributed by atoms with E-state index in [0.29, 0.717) is 12.2 Å². The summed E-state index contributed by atoms with van der Waals surface area (Å²) in [6.45, 7) is 2.13. The lowest BCUT2D eigenvalue weighted by Gasteiger charge is -2.14. The molecule has 0 saturated heterocycles. The largest absolute Gasteiger partial charge is 0.462 e. The SMILES string of the molecule is CCOC(=O)c1cn(-c2ccc(Cn3nccn3)cc2)c2cc(F)c(F)cc2c1=O. The van der Waals surface area contributed by atoms with Crippen LogP contribution < -0.4 is 5.43 Å². The molecule has 0 aliphatic carbocycles. The molecule has 0 N–H and O–H groups in total. The van der Waals surface area contributed by atoms with E-state index in [1.165, 1.54) is 15.6 Å². The molecule has 152 valence electrons. The molecule has 4 aromatic rings. The van der Waals surface area contributed by atoms with E-state index in [0.717, 1.165) is 17.7 Å². The fourth-order valence-electron chi connectivity index (χ4n) is 3.14. The van der Waals surface area contributed by atoms with Crippen molar-refractivity contribution in [2.75, 3.05) is 6.61 Å². The number of benzene rings is 2. The number of hydrogen-bond acceptors (Lipinski definition) is 5. The maximum atomic E-state index is 13.9. The number of ether oxygens (including phenoxy) is 1. The molecule has 2 aromatic heterocycles. The lowest BCUT2D eigenvalue weighted by molar-refractivity contribution is 0.0524. The second-order valence-electron chi connectivity index (χ2n) is 6.47. The first-order valence-corrected chi connectivity index (χ1v) is 9.13. The number of nitrogens with zero attached hydrogens (tertiary/aromatic N) is 4. The Kier molecular flexibility index (Phi) is 5.09. The third-order valence-electron chi connectivity index (χ3n) is 4.55. The number of hydrogen-bond donors (Lipinski definition) is 0. The highest BCUT2D eigenvalue weighted by Crippen LogP contribution is 2.21. The summed E-state index contributed by atoms with van der Waals surface area (Å²) in [4.78, 5) is 26.5. The number of halogens is 2. The molecule has 2 heterocycles. The third kappa shape index (κ3) is 3.57. The minimum atomic E-state index is -1.17. The van der Waals surface area contributed by atoms with Gasteiger partial charge in [-0.3, -0.25) is 4.79 Å². The van der Waals surface area contributed by atoms with E-state index in [2.05, 4.69) is 10.2 Å². The molecule has 0 radical (unpaired) electrons. The van der Waals surface area contributed by atoms with Gasteiger partial charge in [0.1, 0.15) is 5.56 Å². The lowest BCUT2D eigenvalue weighted by Crippen LogP contribution is -2.21. The molecule has 0 saturated carbocycles. The molecule has 0 unspecified atom stereocenters. The number of carbonyl (C=O) groups excluding carboxylic acids is 1. The van der Waals surface area contributed by atoms with Crippen LogP contribution in [-0.2, 0) is 11.3 Å². The molecule has 9 heteroatoms. The standard InChI is InChI=1S/C21H16F2N4O3/c1-2-30-21(29)16-12-26(19-10-18(23)17(22)9-15(19)20(16)28)14-5-3-13(4-6-14)11-27-24-7-8-25-27/h3-10,12H,2,11H2,1H3. The Morgan fingerprint density at radius 1 is 1.07 bits per heavy atom. The predicted octanol–water partition coefficient (Wildman–Crippen LogP) is 3.09. The molecular weight excluding hydrogens is 394 g/mol. The van der Waals surface area contributed by atoms with Gasteiger partial charge in [-0.25, -0.2) is 13.6 Å². The molecule has 4 rings (SSSR count). The molecule has 2 aromatic carbocycles. The number of fused-ring (bicyclic) bond motifs is 1. The van der Waals surface area contributed by atoms with Gasteiger partial charge in [0, 0.05) is 18.0 Å². The summed E-state index contributed by atoms with van der Waals surface area (Å²) in [5.41, 5.74) is 0.602. The normalized spacial score (nSPS) is 11.0. The molecule has 7 nitrogen and oxygen atoms in total. The molecular formula is C21H16F2N4O3. The zero-order valence-electron chi connectivity index (χ0n) is 15.9. The third-order valence-corrected chi connectivity index (χ3v) is 4.55. The number of esters is 1. The van der Waals surface area contributed by atoms with Crippen LogP contribution in [0.2, 0.25) is 0 Å². The van der Waals surface area contributed by atoms with Gasteiger partial charge in [0.15, 0.2) is 11.6 Å². The summed E-state index contributed by atoms with van der Waals surface area (Å²) < 4.78 is 34.2. The molecule has 0 bridgehead atoms. The quantitative estimate of drug-likeness (QED) is 0.473. The maximum Gasteiger partial charge on any atom is 0.343 e. The minimum absolute atomic E-state index is 0.0737.